The summed E-state index contributed by atoms with van der Waals surface area (Å²) in [6, 6.07) is 23.1. The highest BCUT2D eigenvalue weighted by molar-refractivity contribution is 5.93. The van der Waals surface area contributed by atoms with Crippen molar-refractivity contribution in [2.24, 2.45) is 0 Å². The van der Waals surface area contributed by atoms with Crippen LogP contribution in [0.15, 0.2) is 79.0 Å². The minimum absolute atomic E-state index is 0.0828. The van der Waals surface area contributed by atoms with Gasteiger partial charge >= 0.3 is 0 Å². The highest BCUT2D eigenvalue weighted by atomic mass is 16.5. The van der Waals surface area contributed by atoms with Gasteiger partial charge in [-0.25, -0.2) is 9.97 Å². The molecule has 3 N–H and O–H groups in total. The molecule has 0 radical (unpaired) electrons. The van der Waals surface area contributed by atoms with Crippen molar-refractivity contribution in [3.8, 4) is 34.1 Å². The molecule has 9 heteroatoms. The number of rotatable bonds is 9. The van der Waals surface area contributed by atoms with Gasteiger partial charge in [0.05, 0.1) is 17.8 Å². The predicted octanol–water partition coefficient (Wildman–Crippen LogP) is 6.12. The zero-order chi connectivity index (χ0) is 28.1. The van der Waals surface area contributed by atoms with E-state index in [2.05, 4.69) is 20.8 Å². The molecule has 0 saturated heterocycles. The highest BCUT2D eigenvalue weighted by Crippen LogP contribution is 2.31. The molecule has 0 fully saturated rings. The van der Waals surface area contributed by atoms with E-state index < -0.39 is 0 Å². The molecule has 2 aromatic heterocycles. The maximum absolute atomic E-state index is 12.2. The summed E-state index contributed by atoms with van der Waals surface area (Å²) in [6.07, 6.45) is 1.80. The fourth-order valence-electron chi connectivity index (χ4n) is 4.20. The number of H-pyrrole nitrogens is 1. The molecule has 40 heavy (non-hydrogen) atoms. The third kappa shape index (κ3) is 6.55. The molecule has 5 aromatic rings. The minimum Gasteiger partial charge on any atom is -0.494 e. The first-order chi connectivity index (χ1) is 19.3. The van der Waals surface area contributed by atoms with Gasteiger partial charge in [-0.3, -0.25) is 9.89 Å². The van der Waals surface area contributed by atoms with Gasteiger partial charge in [0.2, 0.25) is 0 Å². The summed E-state index contributed by atoms with van der Waals surface area (Å²) in [4.78, 5) is 22.0. The van der Waals surface area contributed by atoms with E-state index in [4.69, 9.17) is 19.4 Å². The predicted molar refractivity (Wildman–Crippen MR) is 157 cm³/mol. The number of ether oxygens (including phenoxy) is 2. The van der Waals surface area contributed by atoms with Gasteiger partial charge in [0.1, 0.15) is 17.3 Å². The fourth-order valence-corrected chi connectivity index (χ4v) is 4.20. The largest absolute Gasteiger partial charge is 0.494 e. The number of benzene rings is 3. The van der Waals surface area contributed by atoms with E-state index in [-0.39, 0.29) is 18.1 Å². The molecular formula is C31H32N6O3. The second-order valence-electron chi connectivity index (χ2n) is 10.3. The third-order valence-corrected chi connectivity index (χ3v) is 5.90. The summed E-state index contributed by atoms with van der Waals surface area (Å²) in [5.74, 6) is 2.28. The summed E-state index contributed by atoms with van der Waals surface area (Å²) in [5, 5.41) is 14.3. The quantitative estimate of drug-likeness (QED) is 0.208. The first kappa shape index (κ1) is 26.7. The van der Waals surface area contributed by atoms with Gasteiger partial charge in [-0.2, -0.15) is 5.10 Å². The van der Waals surface area contributed by atoms with Crippen molar-refractivity contribution in [3.63, 3.8) is 0 Å². The SMILES string of the molecule is CCOc1ccc2nc(-c3cccc(OCC(=O)NC(C)(C)C)c3)nc(Nc3ccc(-c4cc[nH]n4)cc3)c2c1. The van der Waals surface area contributed by atoms with Crippen molar-refractivity contribution < 1.29 is 14.3 Å². The van der Waals surface area contributed by atoms with Crippen LogP contribution in [0.3, 0.4) is 0 Å². The maximum atomic E-state index is 12.2. The summed E-state index contributed by atoms with van der Waals surface area (Å²) in [5.41, 5.74) is 3.95. The molecular weight excluding hydrogens is 504 g/mol. The molecule has 0 saturated carbocycles. The van der Waals surface area contributed by atoms with E-state index in [1.165, 1.54) is 0 Å². The monoisotopic (exact) mass is 536 g/mol. The Labute approximate surface area is 233 Å². The van der Waals surface area contributed by atoms with Crippen molar-refractivity contribution >= 4 is 28.3 Å². The highest BCUT2D eigenvalue weighted by Gasteiger charge is 2.15. The zero-order valence-corrected chi connectivity index (χ0v) is 23.0. The van der Waals surface area contributed by atoms with Gasteiger partial charge in [-0.15, -0.1) is 0 Å². The van der Waals surface area contributed by atoms with Crippen LogP contribution in [0.4, 0.5) is 11.5 Å². The zero-order valence-electron chi connectivity index (χ0n) is 23.0. The lowest BCUT2D eigenvalue weighted by Gasteiger charge is -2.20. The molecule has 1 amide bonds. The summed E-state index contributed by atoms with van der Waals surface area (Å²) in [7, 11) is 0. The number of hydrogen-bond acceptors (Lipinski definition) is 7. The lowest BCUT2D eigenvalue weighted by Crippen LogP contribution is -2.43. The number of carbonyl (C=O) groups is 1. The number of nitrogens with one attached hydrogen (secondary N) is 3. The number of fused-ring (bicyclic) bond motifs is 1. The van der Waals surface area contributed by atoms with Crippen molar-refractivity contribution in [2.45, 2.75) is 33.2 Å². The molecule has 9 nitrogen and oxygen atoms in total. The number of aromatic nitrogens is 4. The smallest absolute Gasteiger partial charge is 0.258 e. The molecule has 204 valence electrons. The molecule has 5 rings (SSSR count). The Bertz CT molecular complexity index is 1610. The third-order valence-electron chi connectivity index (χ3n) is 5.90. The first-order valence-electron chi connectivity index (χ1n) is 13.1. The van der Waals surface area contributed by atoms with Crippen LogP contribution in [0.1, 0.15) is 27.7 Å². The Morgan fingerprint density at radius 3 is 2.42 bits per heavy atom. The van der Waals surface area contributed by atoms with Crippen LogP contribution in [0.2, 0.25) is 0 Å². The summed E-state index contributed by atoms with van der Waals surface area (Å²) in [6.45, 7) is 8.21. The van der Waals surface area contributed by atoms with E-state index in [0.717, 1.165) is 39.2 Å². The molecule has 0 aliphatic carbocycles. The average Bonchev–Trinajstić information content (AvgIpc) is 3.47. The second kappa shape index (κ2) is 11.4. The molecule has 0 aliphatic heterocycles. The molecule has 0 bridgehead atoms. The first-order valence-corrected chi connectivity index (χ1v) is 13.1. The van der Waals surface area contributed by atoms with Crippen molar-refractivity contribution in [1.29, 1.82) is 0 Å². The normalized spacial score (nSPS) is 11.3. The van der Waals surface area contributed by atoms with Gasteiger partial charge in [0.25, 0.3) is 5.91 Å². The van der Waals surface area contributed by atoms with Gasteiger partial charge in [-0.05, 0) is 76.2 Å². The Hall–Kier alpha value is -4.92. The fraction of sp³-hybridized carbons (Fsp3) is 0.226. The number of nitrogens with zero attached hydrogens (tertiary/aromatic N) is 3. The van der Waals surface area contributed by atoms with E-state index in [0.29, 0.717) is 24.0 Å². The van der Waals surface area contributed by atoms with Gasteiger partial charge in [0.15, 0.2) is 12.4 Å². The Kier molecular flexibility index (Phi) is 7.63. The number of carbonyl (C=O) groups excluding carboxylic acids is 1. The maximum Gasteiger partial charge on any atom is 0.258 e. The van der Waals surface area contributed by atoms with Crippen molar-refractivity contribution in [3.05, 3.63) is 79.0 Å². The average molecular weight is 537 g/mol. The number of amides is 1. The van der Waals surface area contributed by atoms with Crippen molar-refractivity contribution in [1.82, 2.24) is 25.5 Å². The Morgan fingerprint density at radius 2 is 1.70 bits per heavy atom. The molecule has 0 spiro atoms. The second-order valence-corrected chi connectivity index (χ2v) is 10.3. The van der Waals surface area contributed by atoms with Crippen LogP contribution in [-0.2, 0) is 4.79 Å². The molecule has 0 aliphatic rings. The number of anilines is 2. The molecule has 2 heterocycles. The van der Waals surface area contributed by atoms with Crippen LogP contribution in [-0.4, -0.2) is 44.8 Å². The van der Waals surface area contributed by atoms with Gasteiger partial charge in [-0.1, -0.05) is 24.3 Å². The summed E-state index contributed by atoms with van der Waals surface area (Å²) < 4.78 is 11.5. The van der Waals surface area contributed by atoms with Crippen LogP contribution in [0.25, 0.3) is 33.5 Å². The topological polar surface area (TPSA) is 114 Å². The lowest BCUT2D eigenvalue weighted by atomic mass is 10.1. The Balaban J connectivity index is 1.46. The number of aromatic amines is 1. The van der Waals surface area contributed by atoms with Gasteiger partial charge in [0, 0.05) is 33.9 Å². The molecule has 0 unspecified atom stereocenters. The molecule has 0 atom stereocenters. The number of hydrogen-bond donors (Lipinski definition) is 3. The summed E-state index contributed by atoms with van der Waals surface area (Å²) >= 11 is 0. The molecule has 3 aromatic carbocycles. The van der Waals surface area contributed by atoms with Crippen LogP contribution in [0, 0.1) is 0 Å². The van der Waals surface area contributed by atoms with Crippen LogP contribution >= 0.6 is 0 Å². The van der Waals surface area contributed by atoms with E-state index in [9.17, 15) is 4.79 Å². The van der Waals surface area contributed by atoms with Gasteiger partial charge < -0.3 is 20.1 Å². The van der Waals surface area contributed by atoms with E-state index in [1.54, 1.807) is 6.20 Å². The van der Waals surface area contributed by atoms with Crippen LogP contribution < -0.4 is 20.1 Å². The minimum atomic E-state index is -0.327. The van der Waals surface area contributed by atoms with E-state index in [1.807, 2.05) is 100 Å². The van der Waals surface area contributed by atoms with E-state index >= 15 is 0 Å². The Morgan fingerprint density at radius 1 is 0.900 bits per heavy atom. The standard InChI is InChI=1S/C31H32N6O3/c1-5-39-24-13-14-27-25(18-24)30(33-22-11-9-20(10-12-22)26-15-16-32-37-26)35-29(34-27)21-7-6-8-23(17-21)40-19-28(38)36-31(2,3)4/h6-18H,5,19H2,1-4H3,(H,32,37)(H,36,38)(H,33,34,35). The van der Waals surface area contributed by atoms with Crippen LogP contribution in [0.5, 0.6) is 11.5 Å². The lowest BCUT2D eigenvalue weighted by molar-refractivity contribution is -0.124. The van der Waals surface area contributed by atoms with Crippen molar-refractivity contribution in [2.75, 3.05) is 18.5 Å².